The van der Waals surface area contributed by atoms with E-state index < -0.39 is 0 Å². The highest BCUT2D eigenvalue weighted by Gasteiger charge is 2.10. The smallest absolute Gasteiger partial charge is 0.224 e. The van der Waals surface area contributed by atoms with Crippen molar-refractivity contribution in [3.8, 4) is 0 Å². The van der Waals surface area contributed by atoms with Gasteiger partial charge in [0, 0.05) is 12.1 Å². The van der Waals surface area contributed by atoms with Crippen LogP contribution in [-0.4, -0.2) is 11.1 Å². The van der Waals surface area contributed by atoms with Gasteiger partial charge in [-0.05, 0) is 19.4 Å². The second kappa shape index (κ2) is 5.49. The highest BCUT2D eigenvalue weighted by molar-refractivity contribution is 5.78. The lowest BCUT2D eigenvalue weighted by Crippen LogP contribution is -2.24. The topological polar surface area (TPSA) is 55.1 Å². The molecule has 18 heavy (non-hydrogen) atoms. The molecule has 0 aliphatic rings. The quantitative estimate of drug-likeness (QED) is 0.896. The number of carbonyl (C=O) groups is 1. The number of nitrogens with zero attached hydrogens (tertiary/aromatic N) is 1. The third-order valence-corrected chi connectivity index (χ3v) is 2.85. The predicted molar refractivity (Wildman–Crippen MR) is 68.0 cm³/mol. The molecule has 0 atom stereocenters. The number of aryl methyl sites for hydroxylation is 2. The molecule has 1 amide bonds. The number of aromatic nitrogens is 1. The Kier molecular flexibility index (Phi) is 3.77. The first kappa shape index (κ1) is 12.4. The predicted octanol–water partition coefficient (Wildman–Crippen LogP) is 2.15. The first-order valence-electron chi connectivity index (χ1n) is 5.89. The minimum Gasteiger partial charge on any atom is -0.361 e. The van der Waals surface area contributed by atoms with Crippen LogP contribution < -0.4 is 5.32 Å². The summed E-state index contributed by atoms with van der Waals surface area (Å²) in [6.07, 6.45) is 0.393. The fourth-order valence-electron chi connectivity index (χ4n) is 1.78. The van der Waals surface area contributed by atoms with Gasteiger partial charge in [0.1, 0.15) is 5.76 Å². The van der Waals surface area contributed by atoms with Gasteiger partial charge in [0.25, 0.3) is 0 Å². The number of benzene rings is 1. The molecule has 1 aromatic heterocycles. The molecule has 94 valence electrons. The Hall–Kier alpha value is -2.10. The molecule has 1 N–H and O–H groups in total. The molecule has 0 fully saturated rings. The fraction of sp³-hybridized carbons (Fsp3) is 0.286. The van der Waals surface area contributed by atoms with Crippen LogP contribution in [-0.2, 0) is 17.8 Å². The van der Waals surface area contributed by atoms with E-state index in [0.717, 1.165) is 22.6 Å². The van der Waals surface area contributed by atoms with Crippen LogP contribution in [0.2, 0.25) is 0 Å². The molecule has 0 saturated heterocycles. The van der Waals surface area contributed by atoms with Gasteiger partial charge >= 0.3 is 0 Å². The van der Waals surface area contributed by atoms with Crippen molar-refractivity contribution in [3.63, 3.8) is 0 Å². The molecule has 4 heteroatoms. The minimum absolute atomic E-state index is 0.00111. The Labute approximate surface area is 106 Å². The summed E-state index contributed by atoms with van der Waals surface area (Å²) in [5.41, 5.74) is 2.79. The van der Waals surface area contributed by atoms with Gasteiger partial charge in [-0.25, -0.2) is 0 Å². The van der Waals surface area contributed by atoms with Crippen molar-refractivity contribution >= 4 is 5.91 Å². The molecule has 1 aromatic carbocycles. The third-order valence-electron chi connectivity index (χ3n) is 2.85. The van der Waals surface area contributed by atoms with E-state index in [2.05, 4.69) is 10.5 Å². The first-order valence-corrected chi connectivity index (χ1v) is 5.89. The average molecular weight is 244 g/mol. The molecule has 4 nitrogen and oxygen atoms in total. The summed E-state index contributed by atoms with van der Waals surface area (Å²) in [7, 11) is 0. The molecule has 0 saturated carbocycles. The Morgan fingerprint density at radius 1 is 1.28 bits per heavy atom. The molecule has 0 bridgehead atoms. The van der Waals surface area contributed by atoms with E-state index in [1.807, 2.05) is 44.2 Å². The number of amides is 1. The van der Waals surface area contributed by atoms with Gasteiger partial charge in [-0.2, -0.15) is 0 Å². The van der Waals surface area contributed by atoms with Gasteiger partial charge in [-0.15, -0.1) is 0 Å². The second-order valence-corrected chi connectivity index (χ2v) is 4.24. The maximum absolute atomic E-state index is 11.8. The summed E-state index contributed by atoms with van der Waals surface area (Å²) in [4.78, 5) is 11.8. The monoisotopic (exact) mass is 244 g/mol. The summed E-state index contributed by atoms with van der Waals surface area (Å²) in [6.45, 7) is 4.18. The van der Waals surface area contributed by atoms with Gasteiger partial charge in [0.2, 0.25) is 5.91 Å². The van der Waals surface area contributed by atoms with E-state index in [-0.39, 0.29) is 5.91 Å². The van der Waals surface area contributed by atoms with Crippen LogP contribution in [0.3, 0.4) is 0 Å². The Bertz CT molecular complexity index is 512. The molecule has 0 spiro atoms. The van der Waals surface area contributed by atoms with Gasteiger partial charge in [0.05, 0.1) is 12.1 Å². The van der Waals surface area contributed by atoms with Crippen LogP contribution in [0.1, 0.15) is 22.6 Å². The summed E-state index contributed by atoms with van der Waals surface area (Å²) < 4.78 is 5.04. The average Bonchev–Trinajstić information content (AvgIpc) is 2.68. The molecule has 0 unspecified atom stereocenters. The highest BCUT2D eigenvalue weighted by Crippen LogP contribution is 2.11. The van der Waals surface area contributed by atoms with Crippen molar-refractivity contribution < 1.29 is 9.32 Å². The lowest BCUT2D eigenvalue weighted by atomic mass is 10.1. The minimum atomic E-state index is 0.00111. The van der Waals surface area contributed by atoms with Crippen LogP contribution in [0.4, 0.5) is 0 Å². The Balaban J connectivity index is 1.89. The molecule has 1 heterocycles. The molecule has 2 aromatic rings. The zero-order valence-corrected chi connectivity index (χ0v) is 10.6. The molecule has 2 rings (SSSR count). The molecule has 0 aliphatic heterocycles. The van der Waals surface area contributed by atoms with E-state index in [0.29, 0.717) is 13.0 Å². The number of nitrogens with one attached hydrogen (secondary N) is 1. The van der Waals surface area contributed by atoms with Crippen LogP contribution in [0.15, 0.2) is 34.9 Å². The van der Waals surface area contributed by atoms with Crippen molar-refractivity contribution in [2.45, 2.75) is 26.8 Å². The molecular formula is C14H16N2O2. The van der Waals surface area contributed by atoms with Crippen LogP contribution in [0, 0.1) is 13.8 Å². The zero-order valence-electron chi connectivity index (χ0n) is 10.6. The van der Waals surface area contributed by atoms with Gasteiger partial charge in [-0.1, -0.05) is 35.5 Å². The van der Waals surface area contributed by atoms with E-state index in [4.69, 9.17) is 4.52 Å². The van der Waals surface area contributed by atoms with Crippen molar-refractivity contribution in [2.75, 3.05) is 0 Å². The van der Waals surface area contributed by atoms with E-state index in [1.54, 1.807) is 0 Å². The van der Waals surface area contributed by atoms with Crippen molar-refractivity contribution in [3.05, 3.63) is 52.9 Å². The maximum atomic E-state index is 11.8. The van der Waals surface area contributed by atoms with E-state index in [9.17, 15) is 4.79 Å². The number of hydrogen-bond acceptors (Lipinski definition) is 3. The van der Waals surface area contributed by atoms with Gasteiger partial charge < -0.3 is 9.84 Å². The summed E-state index contributed by atoms with van der Waals surface area (Å²) in [5.74, 6) is 0.758. The first-order chi connectivity index (χ1) is 8.66. The summed E-state index contributed by atoms with van der Waals surface area (Å²) in [6, 6.07) is 9.67. The van der Waals surface area contributed by atoms with Crippen molar-refractivity contribution in [1.82, 2.24) is 10.5 Å². The highest BCUT2D eigenvalue weighted by atomic mass is 16.5. The largest absolute Gasteiger partial charge is 0.361 e. The fourth-order valence-corrected chi connectivity index (χ4v) is 1.78. The maximum Gasteiger partial charge on any atom is 0.224 e. The van der Waals surface area contributed by atoms with Crippen LogP contribution in [0.5, 0.6) is 0 Å². The lowest BCUT2D eigenvalue weighted by Gasteiger charge is -2.04. The second-order valence-electron chi connectivity index (χ2n) is 4.24. The normalized spacial score (nSPS) is 10.3. The lowest BCUT2D eigenvalue weighted by molar-refractivity contribution is -0.120. The van der Waals surface area contributed by atoms with Gasteiger partial charge in [-0.3, -0.25) is 4.79 Å². The number of rotatable bonds is 4. The third kappa shape index (κ3) is 2.97. The Morgan fingerprint density at radius 3 is 2.61 bits per heavy atom. The van der Waals surface area contributed by atoms with Gasteiger partial charge in [0.15, 0.2) is 0 Å². The number of carbonyl (C=O) groups excluding carboxylic acids is 1. The van der Waals surface area contributed by atoms with Crippen molar-refractivity contribution in [2.24, 2.45) is 0 Å². The van der Waals surface area contributed by atoms with Crippen LogP contribution >= 0.6 is 0 Å². The molecule has 0 aliphatic carbocycles. The standard InChI is InChI=1S/C14H16N2O2/c1-10-13(11(2)18-16-10)9-15-14(17)8-12-6-4-3-5-7-12/h3-7H,8-9H2,1-2H3,(H,15,17). The Morgan fingerprint density at radius 2 is 2.00 bits per heavy atom. The zero-order chi connectivity index (χ0) is 13.0. The molecule has 0 radical (unpaired) electrons. The summed E-state index contributed by atoms with van der Waals surface area (Å²) in [5, 5.41) is 6.73. The SMILES string of the molecule is Cc1noc(C)c1CNC(=O)Cc1ccccc1. The van der Waals surface area contributed by atoms with E-state index >= 15 is 0 Å². The van der Waals surface area contributed by atoms with Crippen molar-refractivity contribution in [1.29, 1.82) is 0 Å². The molecular weight excluding hydrogens is 228 g/mol. The van der Waals surface area contributed by atoms with E-state index in [1.165, 1.54) is 0 Å². The van der Waals surface area contributed by atoms with Crippen LogP contribution in [0.25, 0.3) is 0 Å². The number of hydrogen-bond donors (Lipinski definition) is 1. The summed E-state index contributed by atoms with van der Waals surface area (Å²) >= 11 is 0.